The molecule has 1 atom stereocenters. The molecule has 0 fully saturated rings. The van der Waals surface area contributed by atoms with Crippen LogP contribution in [0, 0.1) is 5.82 Å². The summed E-state index contributed by atoms with van der Waals surface area (Å²) in [5.74, 6) is -1.23. The van der Waals surface area contributed by atoms with E-state index in [1.54, 1.807) is 0 Å². The van der Waals surface area contributed by atoms with Crippen molar-refractivity contribution in [3.05, 3.63) is 76.9 Å². The summed E-state index contributed by atoms with van der Waals surface area (Å²) in [5.41, 5.74) is -1.60. The number of hydrogen-bond donors (Lipinski definition) is 4. The van der Waals surface area contributed by atoms with Crippen molar-refractivity contribution in [1.82, 2.24) is 10.4 Å². The number of carbonyl (C=O) groups excluding carboxylic acids is 2. The highest BCUT2D eigenvalue weighted by Gasteiger charge is 2.33. The molecule has 0 saturated heterocycles. The van der Waals surface area contributed by atoms with Crippen LogP contribution in [0.3, 0.4) is 0 Å². The van der Waals surface area contributed by atoms with Gasteiger partial charge in [-0.2, -0.15) is 13.2 Å². The molecule has 0 aliphatic carbocycles. The molecule has 4 N–H and O–H groups in total. The number of nitrogens with zero attached hydrogens (tertiary/aromatic N) is 1. The van der Waals surface area contributed by atoms with E-state index in [4.69, 9.17) is 16.3 Å². The summed E-state index contributed by atoms with van der Waals surface area (Å²) in [4.78, 5) is 23.9. The number of halogens is 5. The van der Waals surface area contributed by atoms with E-state index < -0.39 is 40.6 Å². The van der Waals surface area contributed by atoms with Crippen LogP contribution in [0.4, 0.5) is 33.7 Å². The summed E-state index contributed by atoms with van der Waals surface area (Å²) in [7, 11) is 1.39. The lowest BCUT2D eigenvalue weighted by Crippen LogP contribution is -2.42. The normalized spacial score (nSPS) is 15.4. The molecule has 0 radical (unpaired) electrons. The number of likely N-dealkylation sites (N-methyl/N-ethyl adjacent to an activating group) is 1. The third-order valence-corrected chi connectivity index (χ3v) is 4.80. The first-order valence-electron chi connectivity index (χ1n) is 9.49. The van der Waals surface area contributed by atoms with Crippen LogP contribution in [-0.2, 0) is 11.0 Å². The largest absolute Gasteiger partial charge is 0.457 e. The number of allylic oxidation sites excluding steroid dienone is 1. The summed E-state index contributed by atoms with van der Waals surface area (Å²) >= 11 is 5.54. The molecule has 1 aliphatic heterocycles. The fraction of sp³-hybridized carbons (Fsp3) is 0.143. The molecule has 2 aromatic rings. The number of anilines is 2. The van der Waals surface area contributed by atoms with Crippen molar-refractivity contribution in [2.24, 2.45) is 0 Å². The Morgan fingerprint density at radius 3 is 2.53 bits per heavy atom. The Morgan fingerprint density at radius 1 is 1.15 bits per heavy atom. The molecule has 34 heavy (non-hydrogen) atoms. The Balaban J connectivity index is 1.67. The van der Waals surface area contributed by atoms with Crippen LogP contribution in [-0.4, -0.2) is 35.3 Å². The van der Waals surface area contributed by atoms with Crippen molar-refractivity contribution >= 4 is 34.9 Å². The predicted molar refractivity (Wildman–Crippen MR) is 115 cm³/mol. The topological polar surface area (TPSA) is 103 Å². The Labute approximate surface area is 195 Å². The molecule has 8 nitrogen and oxygen atoms in total. The van der Waals surface area contributed by atoms with Gasteiger partial charge in [-0.3, -0.25) is 10.0 Å². The molecule has 0 saturated carbocycles. The molecule has 3 amide bonds. The average molecular weight is 501 g/mol. The molecule has 0 aromatic heterocycles. The third-order valence-electron chi connectivity index (χ3n) is 4.47. The maximum Gasteiger partial charge on any atom is 0.417 e. The van der Waals surface area contributed by atoms with E-state index in [1.165, 1.54) is 37.5 Å². The zero-order valence-corrected chi connectivity index (χ0v) is 18.0. The SMILES string of the molecule is CNC(=O)C1C=C(Oc2ccc(NC(=O)Nc3ccc(Cl)c(C(F)(F)F)c3)c(F)c2)C=CN1O. The van der Waals surface area contributed by atoms with Gasteiger partial charge in [0.15, 0.2) is 6.04 Å². The van der Waals surface area contributed by atoms with Crippen LogP contribution >= 0.6 is 11.6 Å². The summed E-state index contributed by atoms with van der Waals surface area (Å²) in [6, 6.07) is 4.20. The molecule has 180 valence electrons. The standard InChI is InChI=1S/C21H17ClF4N4O4/c1-27-19(31)18-10-13(6-7-30(18)33)34-12-3-5-17(16(23)9-12)29-20(32)28-11-2-4-15(22)14(8-11)21(24,25)26/h2-10,18,33H,1H3,(H,27,31)(H2,28,29,32). The number of nitrogens with one attached hydrogen (secondary N) is 3. The molecule has 3 rings (SSSR count). The zero-order chi connectivity index (χ0) is 25.0. The number of hydrogen-bond acceptors (Lipinski definition) is 5. The van der Waals surface area contributed by atoms with Gasteiger partial charge < -0.3 is 20.7 Å². The molecule has 0 spiro atoms. The number of benzene rings is 2. The van der Waals surface area contributed by atoms with Gasteiger partial charge >= 0.3 is 12.2 Å². The molecular formula is C21H17ClF4N4O4. The highest BCUT2D eigenvalue weighted by Crippen LogP contribution is 2.36. The number of rotatable bonds is 5. The Bertz CT molecular complexity index is 1170. The summed E-state index contributed by atoms with van der Waals surface area (Å²) in [6.07, 6.45) is -0.880. The van der Waals surface area contributed by atoms with Crippen LogP contribution < -0.4 is 20.7 Å². The van der Waals surface area contributed by atoms with Gasteiger partial charge in [-0.25, -0.2) is 14.2 Å². The average Bonchev–Trinajstić information content (AvgIpc) is 2.77. The second kappa shape index (κ2) is 10.0. The van der Waals surface area contributed by atoms with Crippen LogP contribution in [0.25, 0.3) is 0 Å². The molecule has 1 heterocycles. The number of urea groups is 1. The van der Waals surface area contributed by atoms with Crippen LogP contribution in [0.1, 0.15) is 5.56 Å². The van der Waals surface area contributed by atoms with Gasteiger partial charge in [0.05, 0.1) is 16.3 Å². The summed E-state index contributed by atoms with van der Waals surface area (Å²) in [6.45, 7) is 0. The quantitative estimate of drug-likeness (QED) is 0.444. The number of ether oxygens (including phenoxy) is 1. The van der Waals surface area contributed by atoms with E-state index in [0.717, 1.165) is 18.2 Å². The number of amides is 3. The van der Waals surface area contributed by atoms with Gasteiger partial charge in [0.2, 0.25) is 5.91 Å². The lowest BCUT2D eigenvalue weighted by molar-refractivity contribution is -0.138. The van der Waals surface area contributed by atoms with Crippen molar-refractivity contribution in [2.75, 3.05) is 17.7 Å². The summed E-state index contributed by atoms with van der Waals surface area (Å²) < 4.78 is 58.8. The molecule has 1 aliphatic rings. The fourth-order valence-corrected chi connectivity index (χ4v) is 3.07. The van der Waals surface area contributed by atoms with E-state index in [1.807, 2.05) is 0 Å². The first kappa shape index (κ1) is 24.9. The molecule has 13 heteroatoms. The minimum atomic E-state index is -4.72. The Kier molecular flexibility index (Phi) is 7.32. The molecule has 0 bridgehead atoms. The maximum atomic E-state index is 14.5. The highest BCUT2D eigenvalue weighted by molar-refractivity contribution is 6.31. The Morgan fingerprint density at radius 2 is 1.88 bits per heavy atom. The number of carbonyl (C=O) groups is 2. The van der Waals surface area contributed by atoms with E-state index in [9.17, 15) is 32.4 Å². The molecular weight excluding hydrogens is 484 g/mol. The van der Waals surface area contributed by atoms with E-state index in [2.05, 4.69) is 16.0 Å². The van der Waals surface area contributed by atoms with Crippen molar-refractivity contribution in [3.8, 4) is 5.75 Å². The van der Waals surface area contributed by atoms with Crippen LogP contribution in [0.15, 0.2) is 60.5 Å². The first-order chi connectivity index (χ1) is 16.0. The first-order valence-corrected chi connectivity index (χ1v) is 9.86. The minimum absolute atomic E-state index is 0.0222. The van der Waals surface area contributed by atoms with E-state index >= 15 is 0 Å². The van der Waals surface area contributed by atoms with Crippen molar-refractivity contribution in [2.45, 2.75) is 12.2 Å². The van der Waals surface area contributed by atoms with Gasteiger partial charge in [-0.15, -0.1) is 0 Å². The lowest BCUT2D eigenvalue weighted by Gasteiger charge is -2.24. The molecule has 1 unspecified atom stereocenters. The van der Waals surface area contributed by atoms with Gasteiger partial charge in [-0.05, 0) is 42.5 Å². The zero-order valence-electron chi connectivity index (χ0n) is 17.3. The predicted octanol–water partition coefficient (Wildman–Crippen LogP) is 4.74. The van der Waals surface area contributed by atoms with Gasteiger partial charge in [-0.1, -0.05) is 11.6 Å². The minimum Gasteiger partial charge on any atom is -0.457 e. The van der Waals surface area contributed by atoms with Crippen molar-refractivity contribution in [1.29, 1.82) is 0 Å². The van der Waals surface area contributed by atoms with Crippen molar-refractivity contribution < 1.29 is 37.1 Å². The second-order valence-electron chi connectivity index (χ2n) is 6.84. The van der Waals surface area contributed by atoms with E-state index in [0.29, 0.717) is 11.1 Å². The van der Waals surface area contributed by atoms with Crippen LogP contribution in [0.2, 0.25) is 5.02 Å². The van der Waals surface area contributed by atoms with Gasteiger partial charge in [0.25, 0.3) is 0 Å². The third kappa shape index (κ3) is 5.97. The summed E-state index contributed by atoms with van der Waals surface area (Å²) in [5, 5.41) is 16.6. The van der Waals surface area contributed by atoms with E-state index in [-0.39, 0.29) is 22.9 Å². The highest BCUT2D eigenvalue weighted by atomic mass is 35.5. The fourth-order valence-electron chi connectivity index (χ4n) is 2.84. The van der Waals surface area contributed by atoms with Crippen molar-refractivity contribution in [3.63, 3.8) is 0 Å². The Hall–Kier alpha value is -3.77. The van der Waals surface area contributed by atoms with Gasteiger partial charge in [0, 0.05) is 25.0 Å². The lowest BCUT2D eigenvalue weighted by atomic mass is 10.2. The van der Waals surface area contributed by atoms with Crippen LogP contribution in [0.5, 0.6) is 5.75 Å². The maximum absolute atomic E-state index is 14.5. The monoisotopic (exact) mass is 500 g/mol. The molecule has 2 aromatic carbocycles. The second-order valence-corrected chi connectivity index (χ2v) is 7.25. The van der Waals surface area contributed by atoms with Gasteiger partial charge in [0.1, 0.15) is 17.3 Å². The number of hydroxylamine groups is 2. The smallest absolute Gasteiger partial charge is 0.417 e. The number of alkyl halides is 3.